The van der Waals surface area contributed by atoms with E-state index in [-0.39, 0.29) is 41.5 Å². The topological polar surface area (TPSA) is 105 Å². The molecule has 3 aromatic rings. The van der Waals surface area contributed by atoms with Gasteiger partial charge in [-0.2, -0.15) is 22.0 Å². The maximum atomic E-state index is 12.9. The Bertz CT molecular complexity index is 1500. The minimum atomic E-state index is -4.49. The first-order chi connectivity index (χ1) is 20.8. The zero-order chi connectivity index (χ0) is 32.1. The minimum absolute atomic E-state index is 0.0627. The van der Waals surface area contributed by atoms with Crippen LogP contribution in [0, 0.1) is 0 Å². The third-order valence-electron chi connectivity index (χ3n) is 7.25. The Morgan fingerprint density at radius 2 is 1.66 bits per heavy atom. The van der Waals surface area contributed by atoms with Gasteiger partial charge in [-0.1, -0.05) is 19.1 Å². The lowest BCUT2D eigenvalue weighted by Crippen LogP contribution is -2.34. The van der Waals surface area contributed by atoms with Gasteiger partial charge in [-0.25, -0.2) is 8.42 Å². The Morgan fingerprint density at radius 1 is 1.02 bits per heavy atom. The summed E-state index contributed by atoms with van der Waals surface area (Å²) in [5.74, 6) is -0.374. The Kier molecular flexibility index (Phi) is 10.5. The Hall–Kier alpha value is -3.75. The van der Waals surface area contributed by atoms with Crippen molar-refractivity contribution in [1.29, 1.82) is 0 Å². The number of aliphatic hydroxyl groups excluding tert-OH is 1. The molecule has 238 valence electrons. The number of carbonyl (C=O) groups excluding carboxylic acids is 1. The molecule has 1 fully saturated rings. The van der Waals surface area contributed by atoms with Crippen molar-refractivity contribution in [3.05, 3.63) is 89.5 Å². The lowest BCUT2D eigenvalue weighted by Gasteiger charge is -2.26. The molecular formula is C30H31F5N2O6S. The number of carbonyl (C=O) groups is 1. The van der Waals surface area contributed by atoms with E-state index in [4.69, 9.17) is 4.74 Å². The molecule has 4 rings (SSSR count). The van der Waals surface area contributed by atoms with Crippen molar-refractivity contribution in [2.24, 2.45) is 0 Å². The molecule has 14 heteroatoms. The number of hydrogen-bond donors (Lipinski definition) is 2. The Morgan fingerprint density at radius 3 is 2.20 bits per heavy atom. The number of anilines is 1. The van der Waals surface area contributed by atoms with Crippen LogP contribution in [0.25, 0.3) is 0 Å². The number of nitrogens with zero attached hydrogens (tertiary/aromatic N) is 1. The second kappa shape index (κ2) is 13.9. The van der Waals surface area contributed by atoms with Crippen molar-refractivity contribution in [2.45, 2.75) is 49.2 Å². The van der Waals surface area contributed by atoms with Gasteiger partial charge in [0.05, 0.1) is 48.1 Å². The molecule has 3 atom stereocenters. The number of aliphatic hydroxyl groups is 1. The van der Waals surface area contributed by atoms with Crippen LogP contribution in [0.15, 0.2) is 77.7 Å². The van der Waals surface area contributed by atoms with Crippen molar-refractivity contribution in [2.75, 3.05) is 30.4 Å². The normalized spacial score (nSPS) is 18.0. The van der Waals surface area contributed by atoms with Gasteiger partial charge < -0.3 is 24.8 Å². The molecule has 0 aromatic heterocycles. The molecule has 0 radical (unpaired) electrons. The second-order valence-electron chi connectivity index (χ2n) is 10.1. The summed E-state index contributed by atoms with van der Waals surface area (Å²) in [7, 11) is -3.41. The summed E-state index contributed by atoms with van der Waals surface area (Å²) in [6, 6.07) is 15.0. The standard InChI is InChI=1S/C30H31F5N2O6S/c1-2-44(40,41)26-13-5-19(6-14-26)27(17-38)36-28(39)20-3-9-22(10-4-20)37-16-25(15-23(37)18-42-29(31)32)43-24-11-7-21(8-12-24)30(33,34)35/h3-14,23,25,27,29,38H,2,15-18H2,1H3,(H,36,39)/t23-,25+,27?/m1/s1. The molecule has 1 aliphatic rings. The van der Waals surface area contributed by atoms with Crippen LogP contribution < -0.4 is 15.0 Å². The van der Waals surface area contributed by atoms with Crippen LogP contribution in [0.2, 0.25) is 0 Å². The number of rotatable bonds is 12. The first-order valence-electron chi connectivity index (χ1n) is 13.7. The van der Waals surface area contributed by atoms with Gasteiger partial charge in [0.15, 0.2) is 9.84 Å². The number of halogens is 5. The molecule has 0 aliphatic carbocycles. The molecule has 1 aliphatic heterocycles. The molecule has 1 saturated heterocycles. The lowest BCUT2D eigenvalue weighted by molar-refractivity contribution is -0.137. The third kappa shape index (κ3) is 8.24. The Balaban J connectivity index is 1.44. The SMILES string of the molecule is CCS(=O)(=O)c1ccc(C(CO)NC(=O)c2ccc(N3C[C@@H](Oc4ccc(C(F)(F)F)cc4)C[C@@H]3COC(F)F)cc2)cc1. The van der Waals surface area contributed by atoms with E-state index in [0.29, 0.717) is 11.3 Å². The Labute approximate surface area is 251 Å². The number of alkyl halides is 5. The van der Waals surface area contributed by atoms with Crippen LogP contribution in [0.3, 0.4) is 0 Å². The van der Waals surface area contributed by atoms with E-state index in [1.807, 2.05) is 0 Å². The summed E-state index contributed by atoms with van der Waals surface area (Å²) >= 11 is 0. The lowest BCUT2D eigenvalue weighted by atomic mass is 10.1. The van der Waals surface area contributed by atoms with Crippen LogP contribution in [-0.2, 0) is 20.8 Å². The molecular weight excluding hydrogens is 611 g/mol. The molecule has 3 aromatic carbocycles. The van der Waals surface area contributed by atoms with Crippen LogP contribution in [0.1, 0.15) is 40.9 Å². The van der Waals surface area contributed by atoms with Gasteiger partial charge in [0.2, 0.25) is 0 Å². The van der Waals surface area contributed by atoms with Gasteiger partial charge in [-0.3, -0.25) is 4.79 Å². The van der Waals surface area contributed by atoms with Crippen molar-refractivity contribution < 1.29 is 49.7 Å². The third-order valence-corrected chi connectivity index (χ3v) is 9.00. The molecule has 1 heterocycles. The van der Waals surface area contributed by atoms with Crippen molar-refractivity contribution in [3.63, 3.8) is 0 Å². The zero-order valence-corrected chi connectivity index (χ0v) is 24.3. The van der Waals surface area contributed by atoms with Crippen LogP contribution in [0.5, 0.6) is 5.75 Å². The fraction of sp³-hybridized carbons (Fsp3) is 0.367. The quantitative estimate of drug-likeness (QED) is 0.261. The molecule has 1 unspecified atom stereocenters. The summed E-state index contributed by atoms with van der Waals surface area (Å²) in [5, 5.41) is 12.6. The largest absolute Gasteiger partial charge is 0.489 e. The van der Waals surface area contributed by atoms with Crippen molar-refractivity contribution >= 4 is 21.4 Å². The summed E-state index contributed by atoms with van der Waals surface area (Å²) in [6.07, 6.45) is -4.77. The maximum absolute atomic E-state index is 12.9. The fourth-order valence-electron chi connectivity index (χ4n) is 4.89. The van der Waals surface area contributed by atoms with E-state index in [2.05, 4.69) is 10.1 Å². The van der Waals surface area contributed by atoms with Crippen LogP contribution in [-0.4, -0.2) is 63.7 Å². The van der Waals surface area contributed by atoms with Gasteiger partial charge in [0.25, 0.3) is 5.91 Å². The predicted octanol–water partition coefficient (Wildman–Crippen LogP) is 5.23. The molecule has 44 heavy (non-hydrogen) atoms. The highest BCUT2D eigenvalue weighted by molar-refractivity contribution is 7.91. The fourth-order valence-corrected chi connectivity index (χ4v) is 5.77. The van der Waals surface area contributed by atoms with E-state index >= 15 is 0 Å². The molecule has 0 bridgehead atoms. The predicted molar refractivity (Wildman–Crippen MR) is 151 cm³/mol. The summed E-state index contributed by atoms with van der Waals surface area (Å²) in [4.78, 5) is 14.8. The highest BCUT2D eigenvalue weighted by atomic mass is 32.2. The summed E-state index contributed by atoms with van der Waals surface area (Å²) < 4.78 is 98.8. The highest BCUT2D eigenvalue weighted by Gasteiger charge is 2.35. The van der Waals surface area contributed by atoms with E-state index in [1.54, 1.807) is 17.0 Å². The van der Waals surface area contributed by atoms with Gasteiger partial charge in [0, 0.05) is 17.7 Å². The number of nitrogens with one attached hydrogen (secondary N) is 1. The first-order valence-corrected chi connectivity index (χ1v) is 15.3. The smallest absolute Gasteiger partial charge is 0.416 e. The average Bonchev–Trinajstić information content (AvgIpc) is 3.41. The van der Waals surface area contributed by atoms with E-state index in [1.165, 1.54) is 55.5 Å². The van der Waals surface area contributed by atoms with Gasteiger partial charge in [-0.15, -0.1) is 0 Å². The van der Waals surface area contributed by atoms with Crippen molar-refractivity contribution in [3.8, 4) is 5.75 Å². The molecule has 2 N–H and O–H groups in total. The molecule has 0 saturated carbocycles. The first kappa shape index (κ1) is 33.1. The van der Waals surface area contributed by atoms with Crippen molar-refractivity contribution in [1.82, 2.24) is 5.32 Å². The average molecular weight is 643 g/mol. The number of hydrogen-bond acceptors (Lipinski definition) is 7. The summed E-state index contributed by atoms with van der Waals surface area (Å²) in [5.41, 5.74) is 0.505. The zero-order valence-electron chi connectivity index (χ0n) is 23.5. The molecule has 1 amide bonds. The maximum Gasteiger partial charge on any atom is 0.416 e. The summed E-state index contributed by atoms with van der Waals surface area (Å²) in [6.45, 7) is -2.01. The number of benzene rings is 3. The number of amides is 1. The van der Waals surface area contributed by atoms with E-state index < -0.39 is 58.9 Å². The number of sulfone groups is 1. The number of ether oxygens (including phenoxy) is 2. The van der Waals surface area contributed by atoms with Crippen LogP contribution in [0.4, 0.5) is 27.6 Å². The molecule has 8 nitrogen and oxygen atoms in total. The highest BCUT2D eigenvalue weighted by Crippen LogP contribution is 2.33. The van der Waals surface area contributed by atoms with Crippen LogP contribution >= 0.6 is 0 Å². The monoisotopic (exact) mass is 642 g/mol. The van der Waals surface area contributed by atoms with E-state index in [0.717, 1.165) is 12.1 Å². The van der Waals surface area contributed by atoms with E-state index in [9.17, 15) is 40.3 Å². The molecule has 0 spiro atoms. The van der Waals surface area contributed by atoms with Gasteiger partial charge in [-0.05, 0) is 66.2 Å². The van der Waals surface area contributed by atoms with Gasteiger partial charge >= 0.3 is 12.8 Å². The van der Waals surface area contributed by atoms with Gasteiger partial charge in [0.1, 0.15) is 11.9 Å². The second-order valence-corrected chi connectivity index (χ2v) is 12.4. The minimum Gasteiger partial charge on any atom is -0.489 e.